The average molecular weight is 1410 g/mol. The van der Waals surface area contributed by atoms with Crippen molar-refractivity contribution in [1.29, 1.82) is 0 Å². The minimum absolute atomic E-state index is 0.107. The number of esters is 4. The molecule has 17 nitrogen and oxygen atoms in total. The van der Waals surface area contributed by atoms with Gasteiger partial charge in [0.2, 0.25) is 0 Å². The van der Waals surface area contributed by atoms with Gasteiger partial charge in [0, 0.05) is 25.7 Å². The van der Waals surface area contributed by atoms with Crippen LogP contribution in [0.15, 0.2) is 0 Å². The van der Waals surface area contributed by atoms with E-state index in [4.69, 9.17) is 37.0 Å². The number of hydrogen-bond donors (Lipinski definition) is 3. The van der Waals surface area contributed by atoms with Crippen molar-refractivity contribution < 1.29 is 80.2 Å². The minimum atomic E-state index is -4.96. The van der Waals surface area contributed by atoms with E-state index in [1.54, 1.807) is 0 Å². The maximum atomic E-state index is 13.1. The van der Waals surface area contributed by atoms with E-state index in [0.29, 0.717) is 31.6 Å². The third-order valence-corrected chi connectivity index (χ3v) is 19.9. The Bertz CT molecular complexity index is 1860. The van der Waals surface area contributed by atoms with Gasteiger partial charge < -0.3 is 33.8 Å². The Balaban J connectivity index is 5.23. The maximum Gasteiger partial charge on any atom is 0.472 e. The summed E-state index contributed by atoms with van der Waals surface area (Å²) in [4.78, 5) is 72.8. The van der Waals surface area contributed by atoms with Gasteiger partial charge in [0.1, 0.15) is 19.3 Å². The highest BCUT2D eigenvalue weighted by molar-refractivity contribution is 7.47. The number of rotatable bonds is 76. The smallest absolute Gasteiger partial charge is 0.462 e. The number of phosphoric ester groups is 2. The molecule has 0 aliphatic carbocycles. The number of unbranched alkanes of at least 4 members (excludes halogenated alkanes) is 46. The van der Waals surface area contributed by atoms with Crippen LogP contribution in [0.2, 0.25) is 0 Å². The Morgan fingerprint density at radius 3 is 0.708 bits per heavy atom. The summed E-state index contributed by atoms with van der Waals surface area (Å²) in [5, 5.41) is 10.6. The second-order valence-electron chi connectivity index (χ2n) is 28.7. The highest BCUT2D eigenvalue weighted by atomic mass is 31.2. The second kappa shape index (κ2) is 68.8. The van der Waals surface area contributed by atoms with Crippen LogP contribution in [-0.4, -0.2) is 96.7 Å². The quantitative estimate of drug-likeness (QED) is 0.0222. The lowest BCUT2D eigenvalue weighted by Crippen LogP contribution is -2.30. The van der Waals surface area contributed by atoms with Gasteiger partial charge in [-0.2, -0.15) is 0 Å². The van der Waals surface area contributed by atoms with Gasteiger partial charge in [0.15, 0.2) is 12.2 Å². The van der Waals surface area contributed by atoms with Crippen LogP contribution in [0.4, 0.5) is 0 Å². The lowest BCUT2D eigenvalue weighted by Gasteiger charge is -2.21. The number of carbonyl (C=O) groups is 4. The highest BCUT2D eigenvalue weighted by Gasteiger charge is 2.30. The van der Waals surface area contributed by atoms with E-state index >= 15 is 0 Å². The molecule has 0 spiro atoms. The fourth-order valence-corrected chi connectivity index (χ4v) is 13.4. The number of carbonyl (C=O) groups excluding carboxylic acids is 4. The van der Waals surface area contributed by atoms with E-state index in [1.807, 2.05) is 0 Å². The molecule has 3 N–H and O–H groups in total. The molecule has 0 fully saturated rings. The van der Waals surface area contributed by atoms with Gasteiger partial charge in [0.05, 0.1) is 26.4 Å². The van der Waals surface area contributed by atoms with Crippen LogP contribution in [0.3, 0.4) is 0 Å². The van der Waals surface area contributed by atoms with Gasteiger partial charge in [-0.1, -0.05) is 350 Å². The van der Waals surface area contributed by atoms with Crippen LogP contribution in [0, 0.1) is 11.8 Å². The van der Waals surface area contributed by atoms with Crippen molar-refractivity contribution in [3.63, 3.8) is 0 Å². The Hall–Kier alpha value is -1.94. The van der Waals surface area contributed by atoms with E-state index in [9.17, 15) is 43.2 Å². The summed E-state index contributed by atoms with van der Waals surface area (Å²) in [7, 11) is -9.91. The van der Waals surface area contributed by atoms with Crippen molar-refractivity contribution >= 4 is 39.5 Å². The van der Waals surface area contributed by atoms with Crippen molar-refractivity contribution in [3.05, 3.63) is 0 Å². The first kappa shape index (κ1) is 94.1. The molecule has 0 bridgehead atoms. The first-order chi connectivity index (χ1) is 46.4. The number of hydrogen-bond acceptors (Lipinski definition) is 15. The number of phosphoric acid groups is 2. The predicted octanol–water partition coefficient (Wildman–Crippen LogP) is 22.7. The third-order valence-electron chi connectivity index (χ3n) is 18.0. The second-order valence-corrected chi connectivity index (χ2v) is 31.6. The lowest BCUT2D eigenvalue weighted by atomic mass is 10.0. The van der Waals surface area contributed by atoms with Crippen molar-refractivity contribution in [2.75, 3.05) is 39.6 Å². The lowest BCUT2D eigenvalue weighted by molar-refractivity contribution is -0.161. The summed E-state index contributed by atoms with van der Waals surface area (Å²) in [6.07, 6.45) is 57.0. The van der Waals surface area contributed by atoms with Gasteiger partial charge in [-0.25, -0.2) is 9.13 Å². The molecule has 0 radical (unpaired) electrons. The Kier molecular flexibility index (Phi) is 67.4. The Morgan fingerprint density at radius 1 is 0.281 bits per heavy atom. The number of aliphatic hydroxyl groups is 1. The number of aliphatic hydroxyl groups excluding tert-OH is 1. The van der Waals surface area contributed by atoms with Crippen LogP contribution >= 0.6 is 15.6 Å². The van der Waals surface area contributed by atoms with Gasteiger partial charge in [-0.15, -0.1) is 0 Å². The minimum Gasteiger partial charge on any atom is -0.462 e. The van der Waals surface area contributed by atoms with Crippen molar-refractivity contribution in [3.8, 4) is 0 Å². The largest absolute Gasteiger partial charge is 0.472 e. The zero-order chi connectivity index (χ0) is 70.7. The van der Waals surface area contributed by atoms with Crippen LogP contribution in [0.5, 0.6) is 0 Å². The zero-order valence-electron chi connectivity index (χ0n) is 62.7. The van der Waals surface area contributed by atoms with Gasteiger partial charge in [-0.3, -0.25) is 37.3 Å². The topological polar surface area (TPSA) is 237 Å². The molecular weight excluding hydrogens is 1260 g/mol. The SMILES string of the molecule is CCCCCCCCCCCCCCCCCCCC(=O)OC[C@H](COP(=O)(O)OC[C@@H](O)COP(=O)(O)OC[C@@H](COC(=O)CCCCCCCCC(C)C)OC(=O)CCCCCCCCCCCCCCC)OC(=O)CCCCCCCCCCCCCCCCC(C)C. The van der Waals surface area contributed by atoms with Gasteiger partial charge in [-0.05, 0) is 37.5 Å². The summed E-state index contributed by atoms with van der Waals surface area (Å²) >= 11 is 0. The summed E-state index contributed by atoms with van der Waals surface area (Å²) < 4.78 is 68.5. The van der Waals surface area contributed by atoms with Crippen molar-refractivity contribution in [1.82, 2.24) is 0 Å². The van der Waals surface area contributed by atoms with Gasteiger partial charge >= 0.3 is 39.5 Å². The van der Waals surface area contributed by atoms with Crippen molar-refractivity contribution in [2.24, 2.45) is 11.8 Å². The molecule has 0 heterocycles. The molecule has 0 rings (SSSR count). The van der Waals surface area contributed by atoms with Crippen molar-refractivity contribution in [2.45, 2.75) is 419 Å². The first-order valence-electron chi connectivity index (χ1n) is 40.0. The molecule has 0 amide bonds. The van der Waals surface area contributed by atoms with E-state index in [-0.39, 0.29) is 25.7 Å². The molecule has 0 aromatic rings. The molecule has 570 valence electrons. The highest BCUT2D eigenvalue weighted by Crippen LogP contribution is 2.45. The Labute approximate surface area is 588 Å². The first-order valence-corrected chi connectivity index (χ1v) is 43.0. The van der Waals surface area contributed by atoms with E-state index in [1.165, 1.54) is 212 Å². The average Bonchev–Trinajstić information content (AvgIpc) is 2.59. The fourth-order valence-electron chi connectivity index (χ4n) is 11.8. The molecular formula is C77H150O17P2. The van der Waals surface area contributed by atoms with E-state index in [2.05, 4.69) is 41.5 Å². The standard InChI is InChI=1S/C77H150O17P2/c1-7-9-11-13-15-17-19-21-22-23-24-29-32-36-40-47-53-59-74(79)87-65-72(93-76(81)62-56-50-42-38-34-30-26-25-28-31-35-39-45-51-57-69(3)4)67-91-95(83,84)89-63-71(78)64-90-96(85,86)92-68-73(66-88-75(80)60-54-48-44-43-46-52-58-70(5)6)94-77(82)61-55-49-41-37-33-27-20-18-16-14-12-10-8-2/h69-73,78H,7-68H2,1-6H3,(H,83,84)(H,85,86)/t71-,72-,73-/m1/s1. The van der Waals surface area contributed by atoms with Crippen LogP contribution in [-0.2, 0) is 65.4 Å². The molecule has 96 heavy (non-hydrogen) atoms. The molecule has 5 atom stereocenters. The van der Waals surface area contributed by atoms with Gasteiger partial charge in [0.25, 0.3) is 0 Å². The van der Waals surface area contributed by atoms with Crippen LogP contribution in [0.25, 0.3) is 0 Å². The van der Waals surface area contributed by atoms with E-state index in [0.717, 1.165) is 102 Å². The number of ether oxygens (including phenoxy) is 4. The molecule has 0 saturated carbocycles. The molecule has 19 heteroatoms. The summed E-state index contributed by atoms with van der Waals surface area (Å²) in [5.41, 5.74) is 0. The van der Waals surface area contributed by atoms with Crippen LogP contribution in [0.1, 0.15) is 401 Å². The molecule has 0 saturated heterocycles. The molecule has 0 aromatic carbocycles. The third kappa shape index (κ3) is 70.5. The molecule has 0 aliphatic rings. The Morgan fingerprint density at radius 2 is 0.479 bits per heavy atom. The fraction of sp³-hybridized carbons (Fsp3) is 0.948. The van der Waals surface area contributed by atoms with Crippen LogP contribution < -0.4 is 0 Å². The molecule has 0 aliphatic heterocycles. The maximum absolute atomic E-state index is 13.1. The predicted molar refractivity (Wildman–Crippen MR) is 391 cm³/mol. The normalized spacial score (nSPS) is 14.0. The van der Waals surface area contributed by atoms with E-state index < -0.39 is 97.5 Å². The summed E-state index contributed by atoms with van der Waals surface area (Å²) in [6, 6.07) is 0. The molecule has 0 aromatic heterocycles. The monoisotopic (exact) mass is 1410 g/mol. The summed E-state index contributed by atoms with van der Waals surface area (Å²) in [5.74, 6) is -0.640. The molecule has 2 unspecified atom stereocenters. The summed E-state index contributed by atoms with van der Waals surface area (Å²) in [6.45, 7) is 9.55. The zero-order valence-corrected chi connectivity index (χ0v) is 64.5.